The summed E-state index contributed by atoms with van der Waals surface area (Å²) in [7, 11) is 0. The first kappa shape index (κ1) is 18.0. The number of anilines is 1. The van der Waals surface area contributed by atoms with Gasteiger partial charge >= 0.3 is 0 Å². The number of nitrogen functional groups attached to an aromatic ring is 1. The minimum absolute atomic E-state index is 0.0196. The van der Waals surface area contributed by atoms with Gasteiger partial charge in [-0.1, -0.05) is 18.9 Å². The third-order valence-corrected chi connectivity index (χ3v) is 5.20. The molecule has 1 aromatic carbocycles. The van der Waals surface area contributed by atoms with E-state index < -0.39 is 17.4 Å². The number of nitrogens with zero attached hydrogens (tertiary/aromatic N) is 2. The summed E-state index contributed by atoms with van der Waals surface area (Å²) in [4.78, 5) is 51.1. The van der Waals surface area contributed by atoms with E-state index in [0.717, 1.165) is 36.3 Å². The molecule has 0 bridgehead atoms. The van der Waals surface area contributed by atoms with Crippen LogP contribution in [0.1, 0.15) is 56.8 Å². The number of nitrogens with two attached hydrogens (primary N) is 1. The summed E-state index contributed by atoms with van der Waals surface area (Å²) in [6.45, 7) is 1.43. The average Bonchev–Trinajstić information content (AvgIpc) is 2.86. The highest BCUT2D eigenvalue weighted by molar-refractivity contribution is 6.23. The van der Waals surface area contributed by atoms with Gasteiger partial charge in [0.15, 0.2) is 0 Å². The van der Waals surface area contributed by atoms with E-state index >= 15 is 0 Å². The van der Waals surface area contributed by atoms with Crippen molar-refractivity contribution < 1.29 is 14.4 Å². The van der Waals surface area contributed by atoms with Gasteiger partial charge in [-0.25, -0.2) is 0 Å². The fraction of sp³-hybridized carbons (Fsp3) is 0.300. The minimum atomic E-state index is -0.638. The van der Waals surface area contributed by atoms with Crippen LogP contribution >= 0.6 is 0 Å². The number of pyridine rings is 1. The lowest BCUT2D eigenvalue weighted by Gasteiger charge is -2.21. The Labute approximate surface area is 160 Å². The van der Waals surface area contributed by atoms with Gasteiger partial charge < -0.3 is 10.6 Å². The SMILES string of the molecule is Nc1c2c(cc(=O)n1-c1cccc(C(=O)N3CCCCCC3)c1)C(=O)NC2=O. The van der Waals surface area contributed by atoms with E-state index in [1.54, 1.807) is 24.3 Å². The van der Waals surface area contributed by atoms with Gasteiger partial charge in [-0.3, -0.25) is 29.1 Å². The van der Waals surface area contributed by atoms with Crippen molar-refractivity contribution in [1.82, 2.24) is 14.8 Å². The zero-order valence-electron chi connectivity index (χ0n) is 15.2. The van der Waals surface area contributed by atoms with Crippen LogP contribution in [-0.2, 0) is 0 Å². The van der Waals surface area contributed by atoms with Crippen molar-refractivity contribution in [2.75, 3.05) is 18.8 Å². The highest BCUT2D eigenvalue weighted by atomic mass is 16.2. The second kappa shape index (κ2) is 6.95. The molecule has 144 valence electrons. The van der Waals surface area contributed by atoms with Crippen molar-refractivity contribution in [3.63, 3.8) is 0 Å². The lowest BCUT2D eigenvalue weighted by molar-refractivity contribution is 0.0760. The van der Waals surface area contributed by atoms with Gasteiger partial charge in [0.25, 0.3) is 23.3 Å². The fourth-order valence-corrected chi connectivity index (χ4v) is 3.78. The Balaban J connectivity index is 1.76. The lowest BCUT2D eigenvalue weighted by Crippen LogP contribution is -2.32. The lowest BCUT2D eigenvalue weighted by atomic mass is 10.1. The third kappa shape index (κ3) is 2.96. The molecular formula is C20H20N4O4. The first-order valence-electron chi connectivity index (χ1n) is 9.28. The smallest absolute Gasteiger partial charge is 0.262 e. The molecule has 3 heterocycles. The summed E-state index contributed by atoms with van der Waals surface area (Å²) in [6, 6.07) is 7.69. The molecule has 1 fully saturated rings. The summed E-state index contributed by atoms with van der Waals surface area (Å²) in [5.41, 5.74) is 6.30. The highest BCUT2D eigenvalue weighted by Crippen LogP contribution is 2.23. The molecule has 1 aromatic heterocycles. The van der Waals surface area contributed by atoms with Crippen molar-refractivity contribution in [2.45, 2.75) is 25.7 Å². The third-order valence-electron chi connectivity index (χ3n) is 5.20. The molecule has 8 nitrogen and oxygen atoms in total. The molecule has 4 rings (SSSR count). The minimum Gasteiger partial charge on any atom is -0.384 e. The topological polar surface area (TPSA) is 114 Å². The van der Waals surface area contributed by atoms with Gasteiger partial charge in [0.2, 0.25) is 0 Å². The largest absolute Gasteiger partial charge is 0.384 e. The van der Waals surface area contributed by atoms with Crippen LogP contribution in [-0.4, -0.2) is 40.3 Å². The normalized spacial score (nSPS) is 16.5. The molecule has 0 radical (unpaired) electrons. The number of nitrogens with one attached hydrogen (secondary N) is 1. The summed E-state index contributed by atoms with van der Waals surface area (Å²) in [6.07, 6.45) is 4.19. The number of aromatic nitrogens is 1. The maximum absolute atomic E-state index is 12.9. The van der Waals surface area contributed by atoms with Crippen LogP contribution in [0.3, 0.4) is 0 Å². The van der Waals surface area contributed by atoms with Crippen LogP contribution < -0.4 is 16.6 Å². The molecule has 0 spiro atoms. The van der Waals surface area contributed by atoms with Crippen LogP contribution in [0.15, 0.2) is 35.1 Å². The van der Waals surface area contributed by atoms with Crippen LogP contribution in [0.4, 0.5) is 5.82 Å². The molecule has 0 unspecified atom stereocenters. The molecule has 0 atom stereocenters. The van der Waals surface area contributed by atoms with Crippen LogP contribution in [0.2, 0.25) is 0 Å². The number of imide groups is 1. The molecule has 1 saturated heterocycles. The molecular weight excluding hydrogens is 360 g/mol. The molecule has 2 aromatic rings. The van der Waals surface area contributed by atoms with E-state index in [1.807, 2.05) is 4.90 Å². The summed E-state index contributed by atoms with van der Waals surface area (Å²) in [5.74, 6) is -1.49. The quantitative estimate of drug-likeness (QED) is 0.763. The van der Waals surface area contributed by atoms with E-state index in [4.69, 9.17) is 5.73 Å². The Bertz CT molecular complexity index is 1050. The van der Waals surface area contributed by atoms with E-state index in [-0.39, 0.29) is 22.9 Å². The van der Waals surface area contributed by atoms with E-state index in [2.05, 4.69) is 5.32 Å². The number of carbonyl (C=O) groups excluding carboxylic acids is 3. The maximum Gasteiger partial charge on any atom is 0.262 e. The number of likely N-dealkylation sites (tertiary alicyclic amines) is 1. The molecule has 0 aliphatic carbocycles. The van der Waals surface area contributed by atoms with Gasteiger partial charge in [0.1, 0.15) is 5.82 Å². The molecule has 2 aliphatic rings. The number of hydrogen-bond donors (Lipinski definition) is 2. The number of fused-ring (bicyclic) bond motifs is 1. The zero-order valence-corrected chi connectivity index (χ0v) is 15.2. The Hall–Kier alpha value is -3.42. The molecule has 3 amide bonds. The summed E-state index contributed by atoms with van der Waals surface area (Å²) < 4.78 is 1.15. The number of rotatable bonds is 2. The average molecular weight is 380 g/mol. The predicted molar refractivity (Wildman–Crippen MR) is 103 cm³/mol. The second-order valence-electron chi connectivity index (χ2n) is 7.03. The summed E-state index contributed by atoms with van der Waals surface area (Å²) >= 11 is 0. The van der Waals surface area contributed by atoms with Gasteiger partial charge in [-0.15, -0.1) is 0 Å². The van der Waals surface area contributed by atoms with Crippen LogP contribution in [0.25, 0.3) is 5.69 Å². The van der Waals surface area contributed by atoms with Crippen molar-refractivity contribution >= 4 is 23.5 Å². The van der Waals surface area contributed by atoms with Crippen molar-refractivity contribution in [3.05, 3.63) is 57.4 Å². The summed E-state index contributed by atoms with van der Waals surface area (Å²) in [5, 5.41) is 2.14. The first-order chi connectivity index (χ1) is 13.5. The molecule has 3 N–H and O–H groups in total. The van der Waals surface area contributed by atoms with Crippen molar-refractivity contribution in [3.8, 4) is 5.69 Å². The maximum atomic E-state index is 12.9. The standard InChI is InChI=1S/C20H20N4O4/c21-17-16-14(18(26)22-19(16)27)11-15(25)24(17)13-7-5-6-12(10-13)20(28)23-8-3-1-2-4-9-23/h5-7,10-11H,1-4,8-9,21H2,(H,22,26,27). The monoisotopic (exact) mass is 380 g/mol. The predicted octanol–water partition coefficient (Wildman–Crippen LogP) is 1.32. The van der Waals surface area contributed by atoms with E-state index in [9.17, 15) is 19.2 Å². The van der Waals surface area contributed by atoms with E-state index in [1.165, 1.54) is 0 Å². The Kier molecular flexibility index (Phi) is 4.46. The fourth-order valence-electron chi connectivity index (χ4n) is 3.78. The Morgan fingerprint density at radius 2 is 1.68 bits per heavy atom. The highest BCUT2D eigenvalue weighted by Gasteiger charge is 2.32. The van der Waals surface area contributed by atoms with Gasteiger partial charge in [-0.2, -0.15) is 0 Å². The number of amides is 3. The van der Waals surface area contributed by atoms with Crippen molar-refractivity contribution in [2.24, 2.45) is 0 Å². The van der Waals surface area contributed by atoms with E-state index in [0.29, 0.717) is 24.3 Å². The molecule has 28 heavy (non-hydrogen) atoms. The van der Waals surface area contributed by atoms with Crippen molar-refractivity contribution in [1.29, 1.82) is 0 Å². The van der Waals surface area contributed by atoms with Gasteiger partial charge in [0, 0.05) is 24.7 Å². The first-order valence-corrected chi connectivity index (χ1v) is 9.28. The van der Waals surface area contributed by atoms with Crippen LogP contribution in [0.5, 0.6) is 0 Å². The molecule has 0 saturated carbocycles. The van der Waals surface area contributed by atoms with Gasteiger partial charge in [0.05, 0.1) is 16.8 Å². The zero-order chi connectivity index (χ0) is 19.8. The molecule has 2 aliphatic heterocycles. The van der Waals surface area contributed by atoms with Crippen LogP contribution in [0, 0.1) is 0 Å². The number of hydrogen-bond acceptors (Lipinski definition) is 5. The number of benzene rings is 1. The second-order valence-corrected chi connectivity index (χ2v) is 7.03. The Morgan fingerprint density at radius 3 is 2.39 bits per heavy atom. The van der Waals surface area contributed by atoms with Gasteiger partial charge in [-0.05, 0) is 31.0 Å². The number of carbonyl (C=O) groups is 3. The Morgan fingerprint density at radius 1 is 0.964 bits per heavy atom. The molecule has 8 heteroatoms.